The molecule has 106 valence electrons. The molecular weight excluding hydrogens is 276 g/mol. The van der Waals surface area contributed by atoms with Crippen molar-refractivity contribution < 1.29 is 0 Å². The van der Waals surface area contributed by atoms with Crippen molar-refractivity contribution in [2.24, 2.45) is 5.92 Å². The third-order valence-corrected chi connectivity index (χ3v) is 4.95. The van der Waals surface area contributed by atoms with Crippen LogP contribution in [0.5, 0.6) is 0 Å². The van der Waals surface area contributed by atoms with Gasteiger partial charge >= 0.3 is 0 Å². The first kappa shape index (κ1) is 12.3. The summed E-state index contributed by atoms with van der Waals surface area (Å²) in [5.41, 5.74) is 0.932. The van der Waals surface area contributed by atoms with Gasteiger partial charge in [-0.25, -0.2) is 0 Å². The van der Waals surface area contributed by atoms with Crippen LogP contribution in [-0.2, 0) is 0 Å². The second-order valence-corrected chi connectivity index (χ2v) is 6.09. The number of halogens is 1. The molecule has 2 aromatic heterocycles. The molecule has 0 amide bonds. The van der Waals surface area contributed by atoms with Crippen LogP contribution in [0.15, 0.2) is 6.33 Å². The highest BCUT2D eigenvalue weighted by Gasteiger charge is 2.34. The van der Waals surface area contributed by atoms with E-state index in [9.17, 15) is 0 Å². The van der Waals surface area contributed by atoms with Gasteiger partial charge in [-0.05, 0) is 38.8 Å². The molecule has 1 atom stereocenters. The number of fused-ring (bicyclic) bond motifs is 4. The summed E-state index contributed by atoms with van der Waals surface area (Å²) in [7, 11) is 0. The van der Waals surface area contributed by atoms with E-state index >= 15 is 0 Å². The van der Waals surface area contributed by atoms with Crippen LogP contribution in [0.1, 0.15) is 18.4 Å². The Balaban J connectivity index is 1.71. The maximum Gasteiger partial charge on any atom is 0.255 e. The minimum absolute atomic E-state index is 0.460. The Labute approximate surface area is 122 Å². The number of nitrogens with zero attached hydrogens (tertiary/aromatic N) is 5. The maximum atomic E-state index is 6.20. The molecular formula is C13H17ClN6. The molecule has 0 spiro atoms. The minimum atomic E-state index is 0.460. The number of hydrogen-bond donors (Lipinski definition) is 1. The fourth-order valence-corrected chi connectivity index (χ4v) is 3.54. The molecule has 1 N–H and O–H groups in total. The third kappa shape index (κ3) is 1.86. The van der Waals surface area contributed by atoms with Gasteiger partial charge in [0.1, 0.15) is 17.3 Å². The number of anilines is 1. The molecule has 5 rings (SSSR count). The first-order chi connectivity index (χ1) is 9.72. The normalized spacial score (nSPS) is 29.0. The lowest BCUT2D eigenvalue weighted by molar-refractivity contribution is 0.0972. The fraction of sp³-hybridized carbons (Fsp3) is 0.615. The zero-order valence-corrected chi connectivity index (χ0v) is 12.1. The van der Waals surface area contributed by atoms with Crippen LogP contribution in [0, 0.1) is 12.8 Å². The van der Waals surface area contributed by atoms with E-state index in [0.717, 1.165) is 23.8 Å². The molecule has 0 radical (unpaired) electrons. The lowest BCUT2D eigenvalue weighted by atomic mass is 9.84. The highest BCUT2D eigenvalue weighted by molar-refractivity contribution is 6.30. The quantitative estimate of drug-likeness (QED) is 0.852. The van der Waals surface area contributed by atoms with Crippen molar-refractivity contribution >= 4 is 23.2 Å². The molecule has 3 aliphatic rings. The largest absolute Gasteiger partial charge is 0.365 e. The van der Waals surface area contributed by atoms with E-state index in [1.807, 2.05) is 6.92 Å². The standard InChI is InChI=1S/C13H17ClN6/c1-8-11(14)18-13-15-7-16-20(13)12(8)17-10-6-19-4-2-9(10)3-5-19/h7,9-10,17H,2-6H2,1H3. The highest BCUT2D eigenvalue weighted by Crippen LogP contribution is 2.31. The van der Waals surface area contributed by atoms with Gasteiger partial charge in [0.25, 0.3) is 5.78 Å². The fourth-order valence-electron chi connectivity index (χ4n) is 3.37. The Morgan fingerprint density at radius 3 is 2.85 bits per heavy atom. The van der Waals surface area contributed by atoms with Gasteiger partial charge in [0.05, 0.1) is 0 Å². The molecule has 0 aromatic carbocycles. The molecule has 6 nitrogen and oxygen atoms in total. The van der Waals surface area contributed by atoms with Gasteiger partial charge in [-0.15, -0.1) is 0 Å². The van der Waals surface area contributed by atoms with E-state index in [1.54, 1.807) is 4.52 Å². The van der Waals surface area contributed by atoms with Gasteiger partial charge in [0.15, 0.2) is 0 Å². The Morgan fingerprint density at radius 2 is 2.15 bits per heavy atom. The lowest BCUT2D eigenvalue weighted by Crippen LogP contribution is -2.53. The summed E-state index contributed by atoms with van der Waals surface area (Å²) in [6.07, 6.45) is 4.06. The van der Waals surface area contributed by atoms with Gasteiger partial charge in [-0.2, -0.15) is 19.6 Å². The van der Waals surface area contributed by atoms with Gasteiger partial charge in [0.2, 0.25) is 0 Å². The van der Waals surface area contributed by atoms with Crippen LogP contribution in [0.4, 0.5) is 5.82 Å². The molecule has 3 saturated heterocycles. The first-order valence-corrected chi connectivity index (χ1v) is 7.45. The number of hydrogen-bond acceptors (Lipinski definition) is 5. The SMILES string of the molecule is Cc1c(Cl)nc2ncnn2c1NC1CN2CCC1CC2. The van der Waals surface area contributed by atoms with Crippen LogP contribution in [0.2, 0.25) is 5.15 Å². The van der Waals surface area contributed by atoms with E-state index in [0.29, 0.717) is 17.0 Å². The van der Waals surface area contributed by atoms with Crippen molar-refractivity contribution in [1.29, 1.82) is 0 Å². The van der Waals surface area contributed by atoms with E-state index in [-0.39, 0.29) is 0 Å². The average molecular weight is 293 g/mol. The molecule has 5 heterocycles. The van der Waals surface area contributed by atoms with Crippen LogP contribution < -0.4 is 5.32 Å². The summed E-state index contributed by atoms with van der Waals surface area (Å²) < 4.78 is 1.75. The van der Waals surface area contributed by atoms with Crippen LogP contribution in [-0.4, -0.2) is 50.2 Å². The summed E-state index contributed by atoms with van der Waals surface area (Å²) in [6.45, 7) is 5.54. The smallest absolute Gasteiger partial charge is 0.255 e. The first-order valence-electron chi connectivity index (χ1n) is 7.07. The van der Waals surface area contributed by atoms with E-state index in [1.165, 1.54) is 32.3 Å². The number of piperidine rings is 3. The van der Waals surface area contributed by atoms with Gasteiger partial charge < -0.3 is 10.2 Å². The predicted octanol–water partition coefficient (Wildman–Crippen LogP) is 1.59. The predicted molar refractivity (Wildman–Crippen MR) is 77.1 cm³/mol. The minimum Gasteiger partial charge on any atom is -0.365 e. The summed E-state index contributed by atoms with van der Waals surface area (Å²) >= 11 is 6.20. The number of aromatic nitrogens is 4. The Kier molecular flexibility index (Phi) is 2.82. The molecule has 3 aliphatic heterocycles. The summed E-state index contributed by atoms with van der Waals surface area (Å²) in [6, 6.07) is 0.460. The Morgan fingerprint density at radius 1 is 1.35 bits per heavy atom. The van der Waals surface area contributed by atoms with Crippen LogP contribution in [0.25, 0.3) is 5.78 Å². The third-order valence-electron chi connectivity index (χ3n) is 4.58. The van der Waals surface area contributed by atoms with Crippen LogP contribution in [0.3, 0.4) is 0 Å². The van der Waals surface area contributed by atoms with E-state index < -0.39 is 0 Å². The topological polar surface area (TPSA) is 58.4 Å². The Hall–Kier alpha value is -1.40. The molecule has 2 bridgehead atoms. The van der Waals surface area contributed by atoms with Crippen molar-refractivity contribution in [3.8, 4) is 0 Å². The summed E-state index contributed by atoms with van der Waals surface area (Å²) in [4.78, 5) is 10.9. The van der Waals surface area contributed by atoms with Crippen molar-refractivity contribution in [1.82, 2.24) is 24.5 Å². The van der Waals surface area contributed by atoms with Gasteiger partial charge in [0, 0.05) is 18.2 Å². The molecule has 3 fully saturated rings. The molecule has 2 aromatic rings. The monoisotopic (exact) mass is 292 g/mol. The van der Waals surface area contributed by atoms with Crippen molar-refractivity contribution in [2.45, 2.75) is 25.8 Å². The van der Waals surface area contributed by atoms with Crippen molar-refractivity contribution in [3.63, 3.8) is 0 Å². The zero-order chi connectivity index (χ0) is 13.7. The van der Waals surface area contributed by atoms with Crippen LogP contribution >= 0.6 is 11.6 Å². The van der Waals surface area contributed by atoms with E-state index in [4.69, 9.17) is 11.6 Å². The Bertz CT molecular complexity index is 646. The van der Waals surface area contributed by atoms with Crippen molar-refractivity contribution in [3.05, 3.63) is 17.0 Å². The lowest BCUT2D eigenvalue weighted by Gasteiger charge is -2.45. The average Bonchev–Trinajstić information content (AvgIpc) is 2.93. The molecule has 0 saturated carbocycles. The second-order valence-electron chi connectivity index (χ2n) is 5.74. The summed E-state index contributed by atoms with van der Waals surface area (Å²) in [5, 5.41) is 8.40. The molecule has 7 heteroatoms. The van der Waals surface area contributed by atoms with Gasteiger partial charge in [-0.3, -0.25) is 0 Å². The van der Waals surface area contributed by atoms with E-state index in [2.05, 4.69) is 25.3 Å². The molecule has 20 heavy (non-hydrogen) atoms. The molecule has 1 unspecified atom stereocenters. The highest BCUT2D eigenvalue weighted by atomic mass is 35.5. The van der Waals surface area contributed by atoms with Crippen molar-refractivity contribution in [2.75, 3.05) is 25.0 Å². The number of rotatable bonds is 2. The summed E-state index contributed by atoms with van der Waals surface area (Å²) in [5.74, 6) is 2.21. The maximum absolute atomic E-state index is 6.20. The number of nitrogens with one attached hydrogen (secondary N) is 1. The zero-order valence-electron chi connectivity index (χ0n) is 11.4. The molecule has 0 aliphatic carbocycles. The van der Waals surface area contributed by atoms with Gasteiger partial charge in [-0.1, -0.05) is 11.6 Å². The second kappa shape index (κ2) is 4.56.